The van der Waals surface area contributed by atoms with E-state index < -0.39 is 11.5 Å². The van der Waals surface area contributed by atoms with Gasteiger partial charge >= 0.3 is 0 Å². The molecule has 0 saturated carbocycles. The molecule has 6 nitrogen and oxygen atoms in total. The van der Waals surface area contributed by atoms with Crippen molar-refractivity contribution in [2.75, 3.05) is 0 Å². The number of rotatable bonds is 4. The number of H-pyrrole nitrogens is 1. The van der Waals surface area contributed by atoms with Crippen molar-refractivity contribution in [1.29, 1.82) is 0 Å². The fraction of sp³-hybridized carbons (Fsp3) is 0.158. The van der Waals surface area contributed by atoms with E-state index in [0.29, 0.717) is 12.2 Å². The van der Waals surface area contributed by atoms with Gasteiger partial charge in [0.25, 0.3) is 11.5 Å². The Morgan fingerprint density at radius 1 is 1.08 bits per heavy atom. The molecule has 6 heteroatoms. The Morgan fingerprint density at radius 2 is 1.84 bits per heavy atom. The third-order valence-electron chi connectivity index (χ3n) is 4.05. The van der Waals surface area contributed by atoms with Gasteiger partial charge in [0.1, 0.15) is 5.56 Å². The van der Waals surface area contributed by atoms with Gasteiger partial charge in [0.05, 0.1) is 5.69 Å². The molecule has 2 heterocycles. The first-order chi connectivity index (χ1) is 12.0. The van der Waals surface area contributed by atoms with Gasteiger partial charge in [-0.3, -0.25) is 14.6 Å². The monoisotopic (exact) mass is 334 g/mol. The number of nitrogens with one attached hydrogen (secondary N) is 2. The number of aryl methyl sites for hydroxylation is 2. The largest absolute Gasteiger partial charge is 0.348 e. The summed E-state index contributed by atoms with van der Waals surface area (Å²) in [5.74, 6) is -0.433. The molecule has 0 atom stereocenters. The van der Waals surface area contributed by atoms with E-state index in [2.05, 4.69) is 20.5 Å². The van der Waals surface area contributed by atoms with Gasteiger partial charge in [0.2, 0.25) is 0 Å². The molecule has 1 amide bonds. The van der Waals surface area contributed by atoms with Gasteiger partial charge in [-0.15, -0.1) is 0 Å². The Morgan fingerprint density at radius 3 is 2.56 bits per heavy atom. The van der Waals surface area contributed by atoms with Crippen molar-refractivity contribution in [2.24, 2.45) is 0 Å². The van der Waals surface area contributed by atoms with Crippen molar-refractivity contribution in [1.82, 2.24) is 20.5 Å². The second-order valence-corrected chi connectivity index (χ2v) is 5.83. The smallest absolute Gasteiger partial charge is 0.277 e. The number of aromatic nitrogens is 3. The first-order valence-corrected chi connectivity index (χ1v) is 7.89. The molecule has 0 bridgehead atoms. The first kappa shape index (κ1) is 16.6. The molecule has 1 aromatic carbocycles. The Kier molecular flexibility index (Phi) is 4.70. The summed E-state index contributed by atoms with van der Waals surface area (Å²) in [4.78, 5) is 28.3. The van der Waals surface area contributed by atoms with Crippen LogP contribution in [0.3, 0.4) is 0 Å². The molecular weight excluding hydrogens is 316 g/mol. The maximum atomic E-state index is 12.4. The second kappa shape index (κ2) is 7.09. The van der Waals surface area contributed by atoms with Crippen LogP contribution in [0.5, 0.6) is 0 Å². The van der Waals surface area contributed by atoms with Crippen molar-refractivity contribution in [3.05, 3.63) is 81.4 Å². The highest BCUT2D eigenvalue weighted by molar-refractivity contribution is 5.94. The average Bonchev–Trinajstić information content (AvgIpc) is 2.63. The lowest BCUT2D eigenvalue weighted by Crippen LogP contribution is -2.29. The lowest BCUT2D eigenvalue weighted by Gasteiger charge is -2.08. The normalized spacial score (nSPS) is 10.5. The highest BCUT2D eigenvalue weighted by Gasteiger charge is 2.13. The molecule has 0 unspecified atom stereocenters. The molecule has 25 heavy (non-hydrogen) atoms. The average molecular weight is 334 g/mol. The van der Waals surface area contributed by atoms with Crippen LogP contribution >= 0.6 is 0 Å². The number of carbonyl (C=O) groups excluding carboxylic acids is 1. The highest BCUT2D eigenvalue weighted by atomic mass is 16.2. The predicted molar refractivity (Wildman–Crippen MR) is 95.2 cm³/mol. The van der Waals surface area contributed by atoms with Crippen LogP contribution in [-0.2, 0) is 6.54 Å². The molecule has 0 saturated heterocycles. The van der Waals surface area contributed by atoms with Crippen LogP contribution in [-0.4, -0.2) is 21.1 Å². The number of pyridine rings is 1. The van der Waals surface area contributed by atoms with Crippen molar-refractivity contribution >= 4 is 5.91 Å². The van der Waals surface area contributed by atoms with Crippen LogP contribution in [0.1, 0.15) is 27.0 Å². The third kappa shape index (κ3) is 3.80. The molecule has 0 aliphatic heterocycles. The molecule has 0 spiro atoms. The number of benzene rings is 1. The van der Waals surface area contributed by atoms with E-state index in [4.69, 9.17) is 0 Å². The summed E-state index contributed by atoms with van der Waals surface area (Å²) in [6, 6.07) is 11.0. The van der Waals surface area contributed by atoms with Crippen molar-refractivity contribution < 1.29 is 4.79 Å². The molecule has 0 fully saturated rings. The van der Waals surface area contributed by atoms with Crippen LogP contribution < -0.4 is 10.9 Å². The SMILES string of the molecule is Cc1ccc(CNC(=O)c2cc(-c3ccncc3)n[nH]c2=O)cc1C. The second-order valence-electron chi connectivity index (χ2n) is 5.83. The summed E-state index contributed by atoms with van der Waals surface area (Å²) in [6.45, 7) is 4.41. The van der Waals surface area contributed by atoms with Crippen molar-refractivity contribution in [3.63, 3.8) is 0 Å². The summed E-state index contributed by atoms with van der Waals surface area (Å²) in [6.07, 6.45) is 3.25. The number of aromatic amines is 1. The molecule has 126 valence electrons. The van der Waals surface area contributed by atoms with Gasteiger partial charge in [-0.05, 0) is 48.7 Å². The van der Waals surface area contributed by atoms with Crippen molar-refractivity contribution in [2.45, 2.75) is 20.4 Å². The molecule has 0 radical (unpaired) electrons. The van der Waals surface area contributed by atoms with Crippen LogP contribution in [0.4, 0.5) is 0 Å². The Bertz CT molecular complexity index is 965. The number of hydrogen-bond donors (Lipinski definition) is 2. The van der Waals surface area contributed by atoms with Gasteiger partial charge in [0, 0.05) is 24.5 Å². The summed E-state index contributed by atoms with van der Waals surface area (Å²) in [5.41, 5.74) is 4.14. The topological polar surface area (TPSA) is 87.7 Å². The zero-order valence-corrected chi connectivity index (χ0v) is 14.0. The molecule has 0 aliphatic rings. The van der Waals surface area contributed by atoms with E-state index in [-0.39, 0.29) is 5.56 Å². The Labute approximate surface area is 145 Å². The van der Waals surface area contributed by atoms with Crippen LogP contribution in [0.2, 0.25) is 0 Å². The van der Waals surface area contributed by atoms with Crippen molar-refractivity contribution in [3.8, 4) is 11.3 Å². The standard InChI is InChI=1S/C19H18N4O2/c1-12-3-4-14(9-13(12)2)11-21-18(24)16-10-17(22-23-19(16)25)15-5-7-20-8-6-15/h3-10H,11H2,1-2H3,(H,21,24)(H,23,25). The molecular formula is C19H18N4O2. The minimum Gasteiger partial charge on any atom is -0.348 e. The van der Waals surface area contributed by atoms with E-state index in [0.717, 1.165) is 16.7 Å². The maximum Gasteiger partial charge on any atom is 0.277 e. The predicted octanol–water partition coefficient (Wildman–Crippen LogP) is 2.38. The van der Waals surface area contributed by atoms with Crippen LogP contribution in [0.25, 0.3) is 11.3 Å². The van der Waals surface area contributed by atoms with E-state index in [1.165, 1.54) is 11.6 Å². The van der Waals surface area contributed by atoms with Crippen LogP contribution in [0.15, 0.2) is 53.6 Å². The van der Waals surface area contributed by atoms with Crippen LogP contribution in [0, 0.1) is 13.8 Å². The third-order valence-corrected chi connectivity index (χ3v) is 4.05. The minimum absolute atomic E-state index is 0.0330. The zero-order valence-electron chi connectivity index (χ0n) is 14.0. The molecule has 0 aliphatic carbocycles. The summed E-state index contributed by atoms with van der Waals surface area (Å²) >= 11 is 0. The maximum absolute atomic E-state index is 12.4. The van der Waals surface area contributed by atoms with Gasteiger partial charge in [-0.2, -0.15) is 5.10 Å². The lowest BCUT2D eigenvalue weighted by atomic mass is 10.1. The highest BCUT2D eigenvalue weighted by Crippen LogP contribution is 2.14. The molecule has 2 aromatic heterocycles. The Balaban J connectivity index is 1.79. The summed E-state index contributed by atoms with van der Waals surface area (Å²) in [5, 5.41) is 9.14. The van der Waals surface area contributed by atoms with Gasteiger partial charge in [-0.1, -0.05) is 18.2 Å². The van der Waals surface area contributed by atoms with E-state index in [1.54, 1.807) is 24.5 Å². The number of amides is 1. The quantitative estimate of drug-likeness (QED) is 0.767. The fourth-order valence-corrected chi connectivity index (χ4v) is 2.44. The molecule has 3 rings (SSSR count). The fourth-order valence-electron chi connectivity index (χ4n) is 2.44. The molecule has 3 aromatic rings. The van der Waals surface area contributed by atoms with E-state index >= 15 is 0 Å². The van der Waals surface area contributed by atoms with E-state index in [1.807, 2.05) is 32.0 Å². The summed E-state index contributed by atoms with van der Waals surface area (Å²) < 4.78 is 0. The first-order valence-electron chi connectivity index (χ1n) is 7.89. The summed E-state index contributed by atoms with van der Waals surface area (Å²) in [7, 11) is 0. The molecule has 2 N–H and O–H groups in total. The Hall–Kier alpha value is -3.28. The van der Waals surface area contributed by atoms with E-state index in [9.17, 15) is 9.59 Å². The number of nitrogens with zero attached hydrogens (tertiary/aromatic N) is 2. The zero-order chi connectivity index (χ0) is 17.8. The number of carbonyl (C=O) groups is 1. The number of hydrogen-bond acceptors (Lipinski definition) is 4. The lowest BCUT2D eigenvalue weighted by molar-refractivity contribution is 0.0949. The minimum atomic E-state index is -0.518. The van der Waals surface area contributed by atoms with Gasteiger partial charge < -0.3 is 5.32 Å². The van der Waals surface area contributed by atoms with Gasteiger partial charge in [-0.25, -0.2) is 5.10 Å². The van der Waals surface area contributed by atoms with Gasteiger partial charge in [0.15, 0.2) is 0 Å².